The molecular formula is C13H17Cl2NO2. The summed E-state index contributed by atoms with van der Waals surface area (Å²) in [4.78, 5) is 0. The average Bonchev–Trinajstić information content (AvgIpc) is 2.37. The molecule has 0 fully saturated rings. The SMILES string of the molecule is COCCNCc1ccc(OC/C=C/Cl)c(Cl)c1. The lowest BCUT2D eigenvalue weighted by atomic mass is 10.2. The van der Waals surface area contributed by atoms with Crippen molar-refractivity contribution in [2.75, 3.05) is 26.9 Å². The van der Waals surface area contributed by atoms with Gasteiger partial charge in [-0.2, -0.15) is 0 Å². The molecule has 0 aliphatic rings. The fourth-order valence-electron chi connectivity index (χ4n) is 1.35. The molecule has 0 aliphatic heterocycles. The smallest absolute Gasteiger partial charge is 0.138 e. The molecule has 0 saturated carbocycles. The molecular weight excluding hydrogens is 273 g/mol. The Balaban J connectivity index is 2.45. The maximum atomic E-state index is 6.11. The highest BCUT2D eigenvalue weighted by atomic mass is 35.5. The van der Waals surface area contributed by atoms with Crippen LogP contribution in [0.5, 0.6) is 5.75 Å². The van der Waals surface area contributed by atoms with Gasteiger partial charge >= 0.3 is 0 Å². The Morgan fingerprint density at radius 3 is 2.89 bits per heavy atom. The summed E-state index contributed by atoms with van der Waals surface area (Å²) in [6.07, 6.45) is 1.71. The van der Waals surface area contributed by atoms with Gasteiger partial charge in [0, 0.05) is 25.7 Å². The van der Waals surface area contributed by atoms with E-state index in [0.717, 1.165) is 18.7 Å². The van der Waals surface area contributed by atoms with E-state index in [0.29, 0.717) is 24.0 Å². The Kier molecular flexibility index (Phi) is 7.85. The Bertz CT molecular complexity index is 383. The second-order valence-corrected chi connectivity index (χ2v) is 4.27. The fraction of sp³-hybridized carbons (Fsp3) is 0.385. The molecule has 0 unspecified atom stereocenters. The number of hydrogen-bond acceptors (Lipinski definition) is 3. The van der Waals surface area contributed by atoms with Crippen LogP contribution in [0.15, 0.2) is 29.8 Å². The Morgan fingerprint density at radius 2 is 2.22 bits per heavy atom. The average molecular weight is 290 g/mol. The first kappa shape index (κ1) is 15.3. The molecule has 1 N–H and O–H groups in total. The van der Waals surface area contributed by atoms with Gasteiger partial charge in [-0.15, -0.1) is 0 Å². The quantitative estimate of drug-likeness (QED) is 0.746. The number of rotatable bonds is 8. The van der Waals surface area contributed by atoms with Crippen molar-refractivity contribution in [3.8, 4) is 5.75 Å². The molecule has 0 aliphatic carbocycles. The highest BCUT2D eigenvalue weighted by Gasteiger charge is 2.02. The molecule has 0 heterocycles. The van der Waals surface area contributed by atoms with Crippen LogP contribution in [-0.4, -0.2) is 26.9 Å². The van der Waals surface area contributed by atoms with Crippen molar-refractivity contribution < 1.29 is 9.47 Å². The van der Waals surface area contributed by atoms with Crippen LogP contribution in [0, 0.1) is 0 Å². The summed E-state index contributed by atoms with van der Waals surface area (Å²) in [6.45, 7) is 2.67. The van der Waals surface area contributed by atoms with E-state index >= 15 is 0 Å². The molecule has 0 aromatic heterocycles. The summed E-state index contributed by atoms with van der Waals surface area (Å²) < 4.78 is 10.4. The first-order valence-corrected chi connectivity index (χ1v) is 6.45. The van der Waals surface area contributed by atoms with E-state index < -0.39 is 0 Å². The fourth-order valence-corrected chi connectivity index (χ4v) is 1.68. The van der Waals surface area contributed by atoms with Gasteiger partial charge in [0.1, 0.15) is 12.4 Å². The third-order valence-corrected chi connectivity index (χ3v) is 2.71. The van der Waals surface area contributed by atoms with Crippen LogP contribution in [0.2, 0.25) is 5.02 Å². The molecule has 0 spiro atoms. The zero-order chi connectivity index (χ0) is 13.2. The zero-order valence-corrected chi connectivity index (χ0v) is 11.8. The van der Waals surface area contributed by atoms with Crippen molar-refractivity contribution in [2.45, 2.75) is 6.54 Å². The molecule has 18 heavy (non-hydrogen) atoms. The van der Waals surface area contributed by atoms with Gasteiger partial charge in [-0.1, -0.05) is 29.3 Å². The van der Waals surface area contributed by atoms with Gasteiger partial charge in [-0.05, 0) is 23.8 Å². The minimum atomic E-state index is 0.411. The highest BCUT2D eigenvalue weighted by Crippen LogP contribution is 2.25. The number of halogens is 2. The van der Waals surface area contributed by atoms with Crippen LogP contribution in [0.3, 0.4) is 0 Å². The van der Waals surface area contributed by atoms with Crippen molar-refractivity contribution >= 4 is 23.2 Å². The first-order valence-electron chi connectivity index (χ1n) is 5.64. The summed E-state index contributed by atoms with van der Waals surface area (Å²) in [6, 6.07) is 5.73. The van der Waals surface area contributed by atoms with Crippen LogP contribution in [0.1, 0.15) is 5.56 Å². The lowest BCUT2D eigenvalue weighted by molar-refractivity contribution is 0.199. The van der Waals surface area contributed by atoms with Crippen molar-refractivity contribution in [3.63, 3.8) is 0 Å². The molecule has 0 radical (unpaired) electrons. The molecule has 1 aromatic carbocycles. The molecule has 0 amide bonds. The number of ether oxygens (including phenoxy) is 2. The summed E-state index contributed by atoms with van der Waals surface area (Å²) in [5.41, 5.74) is 2.53. The summed E-state index contributed by atoms with van der Waals surface area (Å²) in [5.74, 6) is 0.659. The lowest BCUT2D eigenvalue weighted by Gasteiger charge is -2.08. The first-order chi connectivity index (χ1) is 8.77. The monoisotopic (exact) mass is 289 g/mol. The highest BCUT2D eigenvalue weighted by molar-refractivity contribution is 6.32. The number of hydrogen-bond donors (Lipinski definition) is 1. The van der Waals surface area contributed by atoms with Crippen LogP contribution in [0.25, 0.3) is 0 Å². The Morgan fingerprint density at radius 1 is 1.39 bits per heavy atom. The Hall–Kier alpha value is -0.740. The maximum absolute atomic E-state index is 6.11. The van der Waals surface area contributed by atoms with Crippen molar-refractivity contribution in [1.82, 2.24) is 5.32 Å². The molecule has 5 heteroatoms. The maximum Gasteiger partial charge on any atom is 0.138 e. The standard InChI is InChI=1S/C13H17Cl2NO2/c1-17-8-6-16-10-11-3-4-13(12(15)9-11)18-7-2-5-14/h2-5,9,16H,6-8,10H2,1H3/b5-2+. The van der Waals surface area contributed by atoms with Gasteiger partial charge < -0.3 is 14.8 Å². The van der Waals surface area contributed by atoms with Crippen molar-refractivity contribution in [3.05, 3.63) is 40.4 Å². The zero-order valence-electron chi connectivity index (χ0n) is 10.3. The van der Waals surface area contributed by atoms with E-state index in [2.05, 4.69) is 5.32 Å². The normalized spacial score (nSPS) is 11.1. The van der Waals surface area contributed by atoms with Crippen LogP contribution in [-0.2, 0) is 11.3 Å². The number of methoxy groups -OCH3 is 1. The van der Waals surface area contributed by atoms with Gasteiger partial charge in [0.05, 0.1) is 11.6 Å². The predicted octanol–water partition coefficient (Wildman–Crippen LogP) is 3.21. The van der Waals surface area contributed by atoms with E-state index in [-0.39, 0.29) is 0 Å². The second kappa shape index (κ2) is 9.22. The van der Waals surface area contributed by atoms with Crippen molar-refractivity contribution in [1.29, 1.82) is 0 Å². The summed E-state index contributed by atoms with van der Waals surface area (Å²) in [7, 11) is 1.68. The van der Waals surface area contributed by atoms with E-state index in [1.54, 1.807) is 13.2 Å². The van der Waals surface area contributed by atoms with Gasteiger partial charge in [-0.3, -0.25) is 0 Å². The molecule has 1 aromatic rings. The third-order valence-electron chi connectivity index (χ3n) is 2.23. The lowest BCUT2D eigenvalue weighted by Crippen LogP contribution is -2.18. The molecule has 3 nitrogen and oxygen atoms in total. The molecule has 0 bridgehead atoms. The van der Waals surface area contributed by atoms with Crippen molar-refractivity contribution in [2.24, 2.45) is 0 Å². The van der Waals surface area contributed by atoms with E-state index in [4.69, 9.17) is 32.7 Å². The minimum absolute atomic E-state index is 0.411. The minimum Gasteiger partial charge on any atom is -0.488 e. The van der Waals surface area contributed by atoms with Crippen LogP contribution >= 0.6 is 23.2 Å². The molecule has 100 valence electrons. The van der Waals surface area contributed by atoms with Crippen LogP contribution in [0.4, 0.5) is 0 Å². The van der Waals surface area contributed by atoms with Gasteiger partial charge in [0.15, 0.2) is 0 Å². The van der Waals surface area contributed by atoms with E-state index in [1.165, 1.54) is 5.54 Å². The van der Waals surface area contributed by atoms with Crippen LogP contribution < -0.4 is 10.1 Å². The Labute approximate surface area is 118 Å². The predicted molar refractivity (Wildman–Crippen MR) is 75.5 cm³/mol. The molecule has 0 saturated heterocycles. The molecule has 1 rings (SSSR count). The largest absolute Gasteiger partial charge is 0.488 e. The summed E-state index contributed by atoms with van der Waals surface area (Å²) in [5, 5.41) is 3.85. The molecule has 0 atom stereocenters. The third kappa shape index (κ3) is 5.74. The van der Waals surface area contributed by atoms with Gasteiger partial charge in [0.25, 0.3) is 0 Å². The van der Waals surface area contributed by atoms with Gasteiger partial charge in [-0.25, -0.2) is 0 Å². The second-order valence-electron chi connectivity index (χ2n) is 3.61. The van der Waals surface area contributed by atoms with E-state index in [9.17, 15) is 0 Å². The topological polar surface area (TPSA) is 30.5 Å². The number of benzene rings is 1. The summed E-state index contributed by atoms with van der Waals surface area (Å²) >= 11 is 11.5. The van der Waals surface area contributed by atoms with E-state index in [1.807, 2.05) is 18.2 Å². The number of nitrogens with one attached hydrogen (secondary N) is 1. The van der Waals surface area contributed by atoms with Gasteiger partial charge in [0.2, 0.25) is 0 Å².